The van der Waals surface area contributed by atoms with E-state index in [0.29, 0.717) is 12.8 Å². The highest BCUT2D eigenvalue weighted by Crippen LogP contribution is 2.42. The zero-order chi connectivity index (χ0) is 28.2. The average molecular weight is 543 g/mol. The first kappa shape index (κ1) is 36.4. The molecule has 0 fully saturated rings. The van der Waals surface area contributed by atoms with Crippen molar-refractivity contribution in [1.82, 2.24) is 0 Å². The number of ketones is 2. The molecule has 0 aliphatic carbocycles. The molecule has 0 aliphatic heterocycles. The van der Waals surface area contributed by atoms with Gasteiger partial charge in [-0.3, -0.25) is 14.4 Å². The Balaban J connectivity index is 5.08. The van der Waals surface area contributed by atoms with Crippen molar-refractivity contribution < 1.29 is 23.8 Å². The molecule has 0 spiro atoms. The molecule has 1 atom stereocenters. The van der Waals surface area contributed by atoms with Gasteiger partial charge in [-0.2, -0.15) is 0 Å². The maximum absolute atomic E-state index is 13.7. The van der Waals surface area contributed by atoms with Crippen LogP contribution >= 0.6 is 8.15 Å². The van der Waals surface area contributed by atoms with Gasteiger partial charge in [0.15, 0.2) is 0 Å². The van der Waals surface area contributed by atoms with Crippen LogP contribution in [-0.2, 0) is 14.4 Å². The minimum absolute atomic E-state index is 0.0717. The van der Waals surface area contributed by atoms with Crippen molar-refractivity contribution in [2.75, 3.05) is 27.3 Å². The molecule has 0 aromatic heterocycles. The molecule has 0 aromatic carbocycles. The van der Waals surface area contributed by atoms with Crippen molar-refractivity contribution in [3.63, 3.8) is 0 Å². The van der Waals surface area contributed by atoms with E-state index in [1.165, 1.54) is 77.0 Å². The molecule has 0 amide bonds. The third-order valence-corrected chi connectivity index (χ3v) is 9.06. The fraction of sp³-hybridized carbons (Fsp3) is 0.903. The summed E-state index contributed by atoms with van der Waals surface area (Å²) < 4.78 is -0.0717. The molecule has 1 N–H and O–H groups in total. The lowest BCUT2D eigenvalue weighted by Crippen LogP contribution is -2.70. The van der Waals surface area contributed by atoms with Crippen molar-refractivity contribution in [3.8, 4) is 0 Å². The summed E-state index contributed by atoms with van der Waals surface area (Å²) in [5.74, 6) is -0.576. The molecule has 0 heterocycles. The highest BCUT2D eigenvalue weighted by atomic mass is 31.1. The van der Waals surface area contributed by atoms with Crippen LogP contribution in [0.5, 0.6) is 0 Å². The van der Waals surface area contributed by atoms with E-state index in [9.17, 15) is 19.3 Å². The topological polar surface area (TPSA) is 71.4 Å². The largest absolute Gasteiger partial charge is 0.366 e. The van der Waals surface area contributed by atoms with Gasteiger partial charge in [-0.25, -0.2) is 0 Å². The highest BCUT2D eigenvalue weighted by Gasteiger charge is 2.62. The fourth-order valence-electron chi connectivity index (χ4n) is 5.31. The average Bonchev–Trinajstić information content (AvgIpc) is 2.85. The summed E-state index contributed by atoms with van der Waals surface area (Å²) in [7, 11) is 3.27. The number of likely N-dealkylation sites (N-methyl/N-ethyl adjacent to an activating group) is 1. The van der Waals surface area contributed by atoms with Gasteiger partial charge in [0.2, 0.25) is 11.6 Å². The third-order valence-electron chi connectivity index (χ3n) is 7.67. The van der Waals surface area contributed by atoms with Crippen LogP contribution in [0.2, 0.25) is 0 Å². The van der Waals surface area contributed by atoms with Crippen LogP contribution in [0.3, 0.4) is 0 Å². The number of unbranched alkanes of at least 4 members (excludes halogenated alkanes) is 16. The van der Waals surface area contributed by atoms with Crippen molar-refractivity contribution in [2.45, 2.75) is 155 Å². The lowest BCUT2D eigenvalue weighted by Gasteiger charge is -2.43. The summed E-state index contributed by atoms with van der Waals surface area (Å²) in [5.41, 5.74) is -2.32. The highest BCUT2D eigenvalue weighted by molar-refractivity contribution is 7.70. The van der Waals surface area contributed by atoms with Gasteiger partial charge in [0, 0.05) is 12.8 Å². The maximum Gasteiger partial charge on any atom is 0.281 e. The molecular formula is C31H61NO4P+. The predicted molar refractivity (Wildman–Crippen MR) is 159 cm³/mol. The summed E-state index contributed by atoms with van der Waals surface area (Å²) in [4.78, 5) is 51.6. The van der Waals surface area contributed by atoms with Crippen LogP contribution < -0.4 is 0 Å². The number of nitrogens with zero attached hydrogens (tertiary/aromatic N) is 1. The minimum Gasteiger partial charge on any atom is -0.366 e. The van der Waals surface area contributed by atoms with Gasteiger partial charge in [-0.1, -0.05) is 124 Å². The number of carbonyl (C=O) groups is 3. The standard InChI is InChI=1S/C31H61NO4P/c1-7-10-12-14-16-18-20-22-24-26-28(33)31(32(4,5)6,30(35)37(36)9-3)29(34)27-25-23-21-19-17-15-13-11-8-2/h36H,7-27H2,1-6H3/q+1. The van der Waals surface area contributed by atoms with Crippen LogP contribution in [0.15, 0.2) is 0 Å². The molecule has 218 valence electrons. The Morgan fingerprint density at radius 1 is 0.568 bits per heavy atom. The monoisotopic (exact) mass is 542 g/mol. The molecule has 0 rings (SSSR count). The summed E-state index contributed by atoms with van der Waals surface area (Å²) in [6.45, 7) is 6.19. The van der Waals surface area contributed by atoms with E-state index in [4.69, 9.17) is 0 Å². The lowest BCUT2D eigenvalue weighted by atomic mass is 9.82. The molecule has 0 radical (unpaired) electrons. The molecule has 0 bridgehead atoms. The van der Waals surface area contributed by atoms with Gasteiger partial charge in [-0.05, 0) is 19.0 Å². The SMILES string of the molecule is CCCCCCCCCCCC(=O)C(C(=O)CCCCCCCCCCC)(C(=O)P(O)CC)[N+](C)(C)C. The summed E-state index contributed by atoms with van der Waals surface area (Å²) >= 11 is 0. The quantitative estimate of drug-likeness (QED) is 0.0516. The van der Waals surface area contributed by atoms with Crippen LogP contribution in [0.4, 0.5) is 0 Å². The molecule has 37 heavy (non-hydrogen) atoms. The first-order chi connectivity index (χ1) is 17.6. The van der Waals surface area contributed by atoms with Crippen molar-refractivity contribution >= 4 is 25.2 Å². The second-order valence-electron chi connectivity index (χ2n) is 11.7. The number of hydrogen-bond donors (Lipinski definition) is 1. The van der Waals surface area contributed by atoms with Crippen LogP contribution in [0.1, 0.15) is 149 Å². The van der Waals surface area contributed by atoms with Gasteiger partial charge in [0.05, 0.1) is 21.1 Å². The van der Waals surface area contributed by atoms with Crippen LogP contribution in [0.25, 0.3) is 0 Å². The van der Waals surface area contributed by atoms with Gasteiger partial charge in [0.1, 0.15) is 8.15 Å². The summed E-state index contributed by atoms with van der Waals surface area (Å²) in [6, 6.07) is 0. The number of quaternary nitrogens is 1. The van der Waals surface area contributed by atoms with Crippen LogP contribution in [-0.4, -0.2) is 59.3 Å². The molecule has 5 nitrogen and oxygen atoms in total. The smallest absolute Gasteiger partial charge is 0.281 e. The Hall–Kier alpha value is -0.640. The minimum atomic E-state index is -2.02. The first-order valence-corrected chi connectivity index (χ1v) is 17.0. The second kappa shape index (κ2) is 21.2. The second-order valence-corrected chi connectivity index (χ2v) is 13.6. The number of rotatable bonds is 26. The molecule has 0 saturated carbocycles. The molecule has 0 aliphatic rings. The van der Waals surface area contributed by atoms with Crippen molar-refractivity contribution in [2.24, 2.45) is 0 Å². The van der Waals surface area contributed by atoms with Crippen molar-refractivity contribution in [3.05, 3.63) is 0 Å². The first-order valence-electron chi connectivity index (χ1n) is 15.5. The molecule has 0 saturated heterocycles. The van der Waals surface area contributed by atoms with E-state index in [1.54, 1.807) is 28.1 Å². The number of Topliss-reactive ketones (excluding diaryl/α,β-unsaturated/α-hetero) is 2. The van der Waals surface area contributed by atoms with E-state index in [-0.39, 0.29) is 35.1 Å². The summed E-state index contributed by atoms with van der Waals surface area (Å²) in [6.07, 6.45) is 21.2. The van der Waals surface area contributed by atoms with E-state index in [1.807, 2.05) is 0 Å². The molecule has 1 unspecified atom stereocenters. The van der Waals surface area contributed by atoms with Gasteiger partial charge in [-0.15, -0.1) is 0 Å². The Bertz CT molecular complexity index is 595. The summed E-state index contributed by atoms with van der Waals surface area (Å²) in [5, 5.41) is 0. The molecular weight excluding hydrogens is 481 g/mol. The van der Waals surface area contributed by atoms with Crippen molar-refractivity contribution in [1.29, 1.82) is 0 Å². The Labute approximate surface area is 231 Å². The maximum atomic E-state index is 13.7. The van der Waals surface area contributed by atoms with Gasteiger partial charge >= 0.3 is 0 Å². The number of hydrogen-bond acceptors (Lipinski definition) is 4. The fourth-order valence-corrected chi connectivity index (χ4v) is 6.52. The zero-order valence-electron chi connectivity index (χ0n) is 25.4. The zero-order valence-corrected chi connectivity index (χ0v) is 26.3. The van der Waals surface area contributed by atoms with Gasteiger partial charge < -0.3 is 9.38 Å². The normalized spacial score (nSPS) is 13.1. The Kier molecular flexibility index (Phi) is 20.8. The Morgan fingerprint density at radius 2 is 0.865 bits per heavy atom. The molecule has 6 heteroatoms. The van der Waals surface area contributed by atoms with Crippen LogP contribution in [0, 0.1) is 0 Å². The van der Waals surface area contributed by atoms with E-state index >= 15 is 0 Å². The van der Waals surface area contributed by atoms with E-state index in [0.717, 1.165) is 25.7 Å². The third kappa shape index (κ3) is 13.3. The van der Waals surface area contributed by atoms with E-state index < -0.39 is 19.2 Å². The number of carbonyl (C=O) groups excluding carboxylic acids is 3. The van der Waals surface area contributed by atoms with Gasteiger partial charge in [0.25, 0.3) is 11.1 Å². The van der Waals surface area contributed by atoms with E-state index in [2.05, 4.69) is 13.8 Å². The Morgan fingerprint density at radius 3 is 1.14 bits per heavy atom. The predicted octanol–water partition coefficient (Wildman–Crippen LogP) is 8.35. The molecule has 0 aromatic rings. The lowest BCUT2D eigenvalue weighted by molar-refractivity contribution is -0.892.